The van der Waals surface area contributed by atoms with E-state index in [1.165, 1.54) is 12.4 Å². The van der Waals surface area contributed by atoms with E-state index in [0.717, 1.165) is 6.26 Å². The number of aromatic nitrogens is 3. The number of hydrogen-bond donors (Lipinski definition) is 0. The summed E-state index contributed by atoms with van der Waals surface area (Å²) in [5.41, 5.74) is 0.598. The Hall–Kier alpha value is -1.94. The lowest BCUT2D eigenvalue weighted by atomic mass is 10.2. The Morgan fingerprint density at radius 2 is 2.05 bits per heavy atom. The molecule has 1 saturated heterocycles. The van der Waals surface area contributed by atoms with E-state index in [0.29, 0.717) is 9.87 Å². The van der Waals surface area contributed by atoms with Crippen molar-refractivity contribution in [2.45, 2.75) is 18.4 Å². The van der Waals surface area contributed by atoms with Crippen molar-refractivity contribution in [2.24, 2.45) is 0 Å². The SMILES string of the molecule is CS(=O)(=O)N1CC(F)(F)C[C@H]1c1nc(-c2ccncc2)no1. The van der Waals surface area contributed by atoms with Crippen LogP contribution in [0.2, 0.25) is 0 Å². The molecule has 0 unspecified atom stereocenters. The summed E-state index contributed by atoms with van der Waals surface area (Å²) in [6.45, 7) is -0.885. The summed E-state index contributed by atoms with van der Waals surface area (Å²) in [4.78, 5) is 7.89. The predicted molar refractivity (Wildman–Crippen MR) is 71.4 cm³/mol. The van der Waals surface area contributed by atoms with Gasteiger partial charge in [-0.3, -0.25) is 4.98 Å². The molecule has 1 aliphatic heterocycles. The summed E-state index contributed by atoms with van der Waals surface area (Å²) < 4.78 is 56.2. The molecule has 3 rings (SSSR count). The molecule has 0 radical (unpaired) electrons. The predicted octanol–water partition coefficient (Wildman–Crippen LogP) is 1.47. The van der Waals surface area contributed by atoms with Crippen LogP contribution in [-0.2, 0) is 10.0 Å². The van der Waals surface area contributed by atoms with Gasteiger partial charge < -0.3 is 4.52 Å². The Balaban J connectivity index is 1.95. The van der Waals surface area contributed by atoms with E-state index in [2.05, 4.69) is 15.1 Å². The van der Waals surface area contributed by atoms with Crippen LogP contribution in [0, 0.1) is 0 Å². The summed E-state index contributed by atoms with van der Waals surface area (Å²) in [5, 5.41) is 3.72. The van der Waals surface area contributed by atoms with Crippen LogP contribution in [0.15, 0.2) is 29.0 Å². The second-order valence-electron chi connectivity index (χ2n) is 5.08. The van der Waals surface area contributed by atoms with Crippen LogP contribution < -0.4 is 0 Å². The second kappa shape index (κ2) is 5.06. The van der Waals surface area contributed by atoms with E-state index in [-0.39, 0.29) is 11.7 Å². The van der Waals surface area contributed by atoms with Crippen molar-refractivity contribution in [3.63, 3.8) is 0 Å². The van der Waals surface area contributed by atoms with Gasteiger partial charge in [-0.25, -0.2) is 17.2 Å². The molecule has 0 spiro atoms. The lowest BCUT2D eigenvalue weighted by molar-refractivity contribution is 0.0166. The fraction of sp³-hybridized carbons (Fsp3) is 0.417. The van der Waals surface area contributed by atoms with Gasteiger partial charge in [0, 0.05) is 24.4 Å². The zero-order chi connectivity index (χ0) is 16.0. The van der Waals surface area contributed by atoms with Gasteiger partial charge in [0.25, 0.3) is 5.92 Å². The molecule has 0 N–H and O–H groups in total. The van der Waals surface area contributed by atoms with Crippen LogP contribution in [0.5, 0.6) is 0 Å². The average molecular weight is 330 g/mol. The van der Waals surface area contributed by atoms with E-state index in [4.69, 9.17) is 4.52 Å². The lowest BCUT2D eigenvalue weighted by Crippen LogP contribution is -2.32. The monoisotopic (exact) mass is 330 g/mol. The van der Waals surface area contributed by atoms with Gasteiger partial charge in [-0.1, -0.05) is 5.16 Å². The van der Waals surface area contributed by atoms with Crippen LogP contribution in [0.4, 0.5) is 8.78 Å². The molecule has 10 heteroatoms. The molecule has 118 valence electrons. The van der Waals surface area contributed by atoms with Crippen molar-refractivity contribution in [1.29, 1.82) is 0 Å². The molecule has 3 heterocycles. The van der Waals surface area contributed by atoms with Crippen LogP contribution in [0.25, 0.3) is 11.4 Å². The van der Waals surface area contributed by atoms with Crippen LogP contribution >= 0.6 is 0 Å². The molecule has 1 atom stereocenters. The Labute approximate surface area is 125 Å². The number of halogens is 2. The highest BCUT2D eigenvalue weighted by atomic mass is 32.2. The summed E-state index contributed by atoms with van der Waals surface area (Å²) in [7, 11) is -3.81. The van der Waals surface area contributed by atoms with E-state index in [1.54, 1.807) is 12.1 Å². The smallest absolute Gasteiger partial charge is 0.263 e. The Morgan fingerprint density at radius 3 is 2.68 bits per heavy atom. The highest BCUT2D eigenvalue weighted by molar-refractivity contribution is 7.88. The zero-order valence-electron chi connectivity index (χ0n) is 11.5. The van der Waals surface area contributed by atoms with Gasteiger partial charge in [0.2, 0.25) is 21.7 Å². The molecule has 0 aromatic carbocycles. The van der Waals surface area contributed by atoms with E-state index < -0.39 is 35.0 Å². The lowest BCUT2D eigenvalue weighted by Gasteiger charge is -2.17. The van der Waals surface area contributed by atoms with E-state index in [1.807, 2.05) is 0 Å². The fourth-order valence-electron chi connectivity index (χ4n) is 2.34. The first kappa shape index (κ1) is 15.0. The largest absolute Gasteiger partial charge is 0.337 e. The normalized spacial score (nSPS) is 22.0. The first-order valence-corrected chi connectivity index (χ1v) is 8.20. The summed E-state index contributed by atoms with van der Waals surface area (Å²) in [6, 6.07) is 2.10. The molecule has 0 amide bonds. The minimum absolute atomic E-state index is 0.144. The van der Waals surface area contributed by atoms with Gasteiger partial charge in [-0.15, -0.1) is 0 Å². The van der Waals surface area contributed by atoms with Crippen molar-refractivity contribution in [3.8, 4) is 11.4 Å². The Bertz CT molecular complexity index is 779. The van der Waals surface area contributed by atoms with Gasteiger partial charge in [-0.2, -0.15) is 9.29 Å². The van der Waals surface area contributed by atoms with Gasteiger partial charge in [0.05, 0.1) is 12.8 Å². The van der Waals surface area contributed by atoms with Crippen LogP contribution in [0.3, 0.4) is 0 Å². The van der Waals surface area contributed by atoms with Crippen molar-refractivity contribution in [3.05, 3.63) is 30.4 Å². The quantitative estimate of drug-likeness (QED) is 0.847. The Kier molecular flexibility index (Phi) is 3.44. The number of nitrogens with zero attached hydrogens (tertiary/aromatic N) is 4. The second-order valence-corrected chi connectivity index (χ2v) is 7.01. The molecule has 0 bridgehead atoms. The van der Waals surface area contributed by atoms with Gasteiger partial charge in [-0.05, 0) is 12.1 Å². The molecular weight excluding hydrogens is 318 g/mol. The first-order chi connectivity index (χ1) is 10.3. The average Bonchev–Trinajstić information content (AvgIpc) is 3.03. The number of hydrogen-bond acceptors (Lipinski definition) is 6. The maximum absolute atomic E-state index is 13.6. The third-order valence-electron chi connectivity index (χ3n) is 3.32. The standard InChI is InChI=1S/C12H12F2N4O3S/c1-22(19,20)18-7-12(13,14)6-9(18)11-16-10(17-21-11)8-2-4-15-5-3-8/h2-5,9H,6-7H2,1H3/t9-/m0/s1. The molecule has 2 aromatic rings. The van der Waals surface area contributed by atoms with E-state index >= 15 is 0 Å². The van der Waals surface area contributed by atoms with Crippen LogP contribution in [0.1, 0.15) is 18.4 Å². The third-order valence-corrected chi connectivity index (χ3v) is 4.55. The molecule has 0 aliphatic carbocycles. The maximum atomic E-state index is 13.6. The zero-order valence-corrected chi connectivity index (χ0v) is 12.3. The number of sulfonamides is 1. The van der Waals surface area contributed by atoms with E-state index in [9.17, 15) is 17.2 Å². The topological polar surface area (TPSA) is 89.2 Å². The van der Waals surface area contributed by atoms with Gasteiger partial charge in [0.1, 0.15) is 6.04 Å². The molecular formula is C12H12F2N4O3S. The van der Waals surface area contributed by atoms with Gasteiger partial charge >= 0.3 is 0 Å². The summed E-state index contributed by atoms with van der Waals surface area (Å²) in [6.07, 6.45) is 3.25. The van der Waals surface area contributed by atoms with Crippen molar-refractivity contribution in [2.75, 3.05) is 12.8 Å². The van der Waals surface area contributed by atoms with Crippen molar-refractivity contribution in [1.82, 2.24) is 19.4 Å². The minimum Gasteiger partial charge on any atom is -0.337 e. The molecule has 0 saturated carbocycles. The minimum atomic E-state index is -3.81. The number of pyridine rings is 1. The molecule has 1 aliphatic rings. The first-order valence-electron chi connectivity index (χ1n) is 6.35. The molecule has 1 fully saturated rings. The molecule has 2 aromatic heterocycles. The highest BCUT2D eigenvalue weighted by Gasteiger charge is 2.51. The highest BCUT2D eigenvalue weighted by Crippen LogP contribution is 2.42. The number of rotatable bonds is 3. The summed E-state index contributed by atoms with van der Waals surface area (Å²) in [5.74, 6) is -3.07. The van der Waals surface area contributed by atoms with Gasteiger partial charge in [0.15, 0.2) is 0 Å². The van der Waals surface area contributed by atoms with Crippen molar-refractivity contribution >= 4 is 10.0 Å². The molecule has 7 nitrogen and oxygen atoms in total. The fourth-order valence-corrected chi connectivity index (χ4v) is 3.39. The van der Waals surface area contributed by atoms with Crippen LogP contribution in [-0.4, -0.2) is 46.6 Å². The van der Waals surface area contributed by atoms with Crippen molar-refractivity contribution < 1.29 is 21.7 Å². The number of alkyl halides is 2. The summed E-state index contributed by atoms with van der Waals surface area (Å²) >= 11 is 0. The third kappa shape index (κ3) is 2.83. The maximum Gasteiger partial charge on any atom is 0.263 e. The Morgan fingerprint density at radius 1 is 1.36 bits per heavy atom. The molecule has 22 heavy (non-hydrogen) atoms.